The lowest BCUT2D eigenvalue weighted by atomic mass is 10.1. The van der Waals surface area contributed by atoms with E-state index in [1.807, 2.05) is 24.3 Å². The summed E-state index contributed by atoms with van der Waals surface area (Å²) in [6, 6.07) is 7.98. The molecule has 128 valence electrons. The Hall–Kier alpha value is -1.82. The molecule has 0 aliphatic carbocycles. The summed E-state index contributed by atoms with van der Waals surface area (Å²) >= 11 is 5.63. The van der Waals surface area contributed by atoms with Crippen molar-refractivity contribution in [3.8, 4) is 0 Å². The van der Waals surface area contributed by atoms with Crippen LogP contribution in [0.25, 0.3) is 0 Å². The molecule has 0 radical (unpaired) electrons. The normalized spacial score (nSPS) is 15.6. The minimum absolute atomic E-state index is 0.277. The molecule has 1 aromatic heterocycles. The molecule has 0 unspecified atom stereocenters. The van der Waals surface area contributed by atoms with Crippen LogP contribution in [0, 0.1) is 0 Å². The zero-order valence-electron chi connectivity index (χ0n) is 13.0. The Kier molecular flexibility index (Phi) is 4.94. The van der Waals surface area contributed by atoms with Crippen molar-refractivity contribution in [2.24, 2.45) is 0 Å². The fourth-order valence-electron chi connectivity index (χ4n) is 2.83. The second-order valence-corrected chi connectivity index (χ2v) is 6.24. The van der Waals surface area contributed by atoms with E-state index >= 15 is 0 Å². The molecule has 3 rings (SSSR count). The number of anilines is 1. The molecular formula is C17H17ClF3N3. The third kappa shape index (κ3) is 3.98. The second-order valence-electron chi connectivity index (χ2n) is 5.88. The van der Waals surface area contributed by atoms with Gasteiger partial charge in [-0.05, 0) is 37.0 Å². The first-order valence-electron chi connectivity index (χ1n) is 7.86. The lowest BCUT2D eigenvalue weighted by Crippen LogP contribution is -2.29. The summed E-state index contributed by atoms with van der Waals surface area (Å²) in [5.74, 6) is 0.277. The third-order valence-corrected chi connectivity index (χ3v) is 4.41. The van der Waals surface area contributed by atoms with Gasteiger partial charge in [-0.3, -0.25) is 0 Å². The molecule has 2 aromatic rings. The summed E-state index contributed by atoms with van der Waals surface area (Å²) in [5, 5.41) is -0.558. The van der Waals surface area contributed by atoms with E-state index in [-0.39, 0.29) is 5.82 Å². The van der Waals surface area contributed by atoms with Gasteiger partial charge in [0.25, 0.3) is 0 Å². The Morgan fingerprint density at radius 2 is 1.71 bits per heavy atom. The molecule has 24 heavy (non-hydrogen) atoms. The number of halogens is 4. The van der Waals surface area contributed by atoms with Gasteiger partial charge in [0.15, 0.2) is 0 Å². The molecule has 0 saturated carbocycles. The molecule has 0 atom stereocenters. The van der Waals surface area contributed by atoms with E-state index in [9.17, 15) is 13.2 Å². The van der Waals surface area contributed by atoms with Crippen LogP contribution in [0.4, 0.5) is 18.9 Å². The number of nitrogens with zero attached hydrogens (tertiary/aromatic N) is 3. The first kappa shape index (κ1) is 17.0. The summed E-state index contributed by atoms with van der Waals surface area (Å²) in [4.78, 5) is 9.90. The van der Waals surface area contributed by atoms with Crippen LogP contribution in [-0.4, -0.2) is 23.1 Å². The maximum absolute atomic E-state index is 12.7. The maximum atomic E-state index is 12.7. The molecule has 1 fully saturated rings. The first-order valence-corrected chi connectivity index (χ1v) is 8.24. The fraction of sp³-hybridized carbons (Fsp3) is 0.412. The van der Waals surface area contributed by atoms with E-state index in [2.05, 4.69) is 14.9 Å². The topological polar surface area (TPSA) is 29.0 Å². The van der Waals surface area contributed by atoms with Gasteiger partial charge < -0.3 is 4.90 Å². The van der Waals surface area contributed by atoms with Crippen molar-refractivity contribution in [2.75, 3.05) is 18.0 Å². The number of aromatic nitrogens is 2. The standard InChI is InChI=1S/C17H17ClF3N3/c18-16-14(17(19,20)21)11-22-15(23-16)10-12-4-6-13(7-5-12)24-8-2-1-3-9-24/h4-7,11H,1-3,8-10H2. The molecule has 0 amide bonds. The van der Waals surface area contributed by atoms with Crippen molar-refractivity contribution in [1.82, 2.24) is 9.97 Å². The molecule has 1 aliphatic rings. The highest BCUT2D eigenvalue weighted by molar-refractivity contribution is 6.30. The molecule has 0 bridgehead atoms. The van der Waals surface area contributed by atoms with Crippen molar-refractivity contribution in [3.63, 3.8) is 0 Å². The average Bonchev–Trinajstić information content (AvgIpc) is 2.55. The van der Waals surface area contributed by atoms with Crippen LogP contribution in [0.5, 0.6) is 0 Å². The summed E-state index contributed by atoms with van der Waals surface area (Å²) in [6.07, 6.45) is 0.247. The van der Waals surface area contributed by atoms with Gasteiger partial charge in [0.2, 0.25) is 0 Å². The Balaban J connectivity index is 1.71. The second kappa shape index (κ2) is 6.97. The number of rotatable bonds is 3. The molecule has 2 heterocycles. The van der Waals surface area contributed by atoms with Crippen molar-refractivity contribution in [2.45, 2.75) is 31.9 Å². The van der Waals surface area contributed by atoms with Crippen LogP contribution in [0.1, 0.15) is 36.2 Å². The molecule has 1 aromatic carbocycles. The minimum atomic E-state index is -4.54. The summed E-state index contributed by atoms with van der Waals surface area (Å²) < 4.78 is 38.0. The summed E-state index contributed by atoms with van der Waals surface area (Å²) in [5.41, 5.74) is 1.10. The third-order valence-electron chi connectivity index (χ3n) is 4.12. The number of hydrogen-bond donors (Lipinski definition) is 0. The average molecular weight is 356 g/mol. The highest BCUT2D eigenvalue weighted by Gasteiger charge is 2.34. The van der Waals surface area contributed by atoms with Gasteiger partial charge in [0.05, 0.1) is 0 Å². The van der Waals surface area contributed by atoms with E-state index in [0.29, 0.717) is 6.42 Å². The number of hydrogen-bond acceptors (Lipinski definition) is 3. The minimum Gasteiger partial charge on any atom is -0.372 e. The van der Waals surface area contributed by atoms with Gasteiger partial charge in [-0.15, -0.1) is 0 Å². The summed E-state index contributed by atoms with van der Waals surface area (Å²) in [7, 11) is 0. The van der Waals surface area contributed by atoms with Crippen LogP contribution < -0.4 is 4.90 Å². The van der Waals surface area contributed by atoms with Crippen LogP contribution in [0.15, 0.2) is 30.5 Å². The monoisotopic (exact) mass is 355 g/mol. The predicted molar refractivity (Wildman–Crippen MR) is 87.4 cm³/mol. The number of alkyl halides is 3. The number of benzene rings is 1. The molecular weight excluding hydrogens is 339 g/mol. The maximum Gasteiger partial charge on any atom is 0.420 e. The largest absolute Gasteiger partial charge is 0.420 e. The molecule has 1 saturated heterocycles. The molecule has 1 aliphatic heterocycles. The smallest absolute Gasteiger partial charge is 0.372 e. The van der Waals surface area contributed by atoms with Gasteiger partial charge >= 0.3 is 6.18 Å². The van der Waals surface area contributed by atoms with Gasteiger partial charge in [0.1, 0.15) is 16.5 Å². The Labute approximate surface area is 143 Å². The van der Waals surface area contributed by atoms with Crippen LogP contribution in [0.2, 0.25) is 5.15 Å². The van der Waals surface area contributed by atoms with Gasteiger partial charge in [-0.2, -0.15) is 13.2 Å². The van der Waals surface area contributed by atoms with Gasteiger partial charge in [-0.1, -0.05) is 23.7 Å². The van der Waals surface area contributed by atoms with Crippen LogP contribution in [-0.2, 0) is 12.6 Å². The quantitative estimate of drug-likeness (QED) is 0.745. The lowest BCUT2D eigenvalue weighted by molar-refractivity contribution is -0.138. The van der Waals surface area contributed by atoms with Crippen molar-refractivity contribution >= 4 is 17.3 Å². The van der Waals surface area contributed by atoms with Crippen LogP contribution >= 0.6 is 11.6 Å². The van der Waals surface area contributed by atoms with E-state index < -0.39 is 16.9 Å². The van der Waals surface area contributed by atoms with Gasteiger partial charge in [0, 0.05) is 31.4 Å². The zero-order valence-corrected chi connectivity index (χ0v) is 13.7. The SMILES string of the molecule is FC(F)(F)c1cnc(Cc2ccc(N3CCCCC3)cc2)nc1Cl. The predicted octanol–water partition coefficient (Wildman–Crippen LogP) is 4.73. The van der Waals surface area contributed by atoms with Crippen molar-refractivity contribution in [1.29, 1.82) is 0 Å². The molecule has 0 N–H and O–H groups in total. The van der Waals surface area contributed by atoms with E-state index in [1.54, 1.807) is 0 Å². The fourth-order valence-corrected chi connectivity index (χ4v) is 3.08. The highest BCUT2D eigenvalue weighted by Crippen LogP contribution is 2.33. The molecule has 3 nitrogen and oxygen atoms in total. The van der Waals surface area contributed by atoms with E-state index in [0.717, 1.165) is 24.8 Å². The first-order chi connectivity index (χ1) is 11.4. The van der Waals surface area contributed by atoms with E-state index in [4.69, 9.17) is 11.6 Å². The molecule has 7 heteroatoms. The molecule has 0 spiro atoms. The van der Waals surface area contributed by atoms with Crippen LogP contribution in [0.3, 0.4) is 0 Å². The Morgan fingerprint density at radius 3 is 2.29 bits per heavy atom. The lowest BCUT2D eigenvalue weighted by Gasteiger charge is -2.28. The van der Waals surface area contributed by atoms with Crippen molar-refractivity contribution in [3.05, 3.63) is 52.6 Å². The Morgan fingerprint density at radius 1 is 1.04 bits per heavy atom. The highest BCUT2D eigenvalue weighted by atomic mass is 35.5. The summed E-state index contributed by atoms with van der Waals surface area (Å²) in [6.45, 7) is 2.13. The van der Waals surface area contributed by atoms with E-state index in [1.165, 1.54) is 24.9 Å². The zero-order chi connectivity index (χ0) is 17.2. The number of piperidine rings is 1. The Bertz CT molecular complexity index is 695. The van der Waals surface area contributed by atoms with Gasteiger partial charge in [-0.25, -0.2) is 9.97 Å². The van der Waals surface area contributed by atoms with Crippen molar-refractivity contribution < 1.29 is 13.2 Å².